The summed E-state index contributed by atoms with van der Waals surface area (Å²) in [5.41, 5.74) is 7.91. The molecule has 0 aliphatic carbocycles. The maximum atomic E-state index is 11.8. The molecule has 0 aliphatic rings. The monoisotopic (exact) mass is 328 g/mol. The van der Waals surface area contributed by atoms with E-state index in [0.717, 1.165) is 16.9 Å². The van der Waals surface area contributed by atoms with Crippen molar-refractivity contribution >= 4 is 11.8 Å². The number of amides is 1. The van der Waals surface area contributed by atoms with Crippen LogP contribution < -0.4 is 15.8 Å². The topological polar surface area (TPSA) is 73.6 Å². The second kappa shape index (κ2) is 7.25. The molecular formula is C19H24N2O3. The molecule has 0 aliphatic heterocycles. The number of rotatable bonds is 4. The van der Waals surface area contributed by atoms with Crippen molar-refractivity contribution in [3.05, 3.63) is 53.6 Å². The third-order valence-electron chi connectivity index (χ3n) is 3.16. The average molecular weight is 328 g/mol. The number of nitrogens with one attached hydrogen (secondary N) is 1. The molecule has 128 valence electrons. The number of anilines is 1. The molecule has 24 heavy (non-hydrogen) atoms. The van der Waals surface area contributed by atoms with Crippen LogP contribution in [0.5, 0.6) is 11.5 Å². The number of nitrogens with two attached hydrogens (primary N) is 1. The first-order valence-corrected chi connectivity index (χ1v) is 7.83. The van der Waals surface area contributed by atoms with Gasteiger partial charge >= 0.3 is 6.09 Å². The van der Waals surface area contributed by atoms with Crippen LogP contribution in [0.15, 0.2) is 42.5 Å². The predicted octanol–water partition coefficient (Wildman–Crippen LogP) is 4.39. The lowest BCUT2D eigenvalue weighted by Gasteiger charge is -2.20. The molecule has 0 unspecified atom stereocenters. The summed E-state index contributed by atoms with van der Waals surface area (Å²) >= 11 is 0. The molecule has 0 fully saturated rings. The van der Waals surface area contributed by atoms with Gasteiger partial charge in [-0.15, -0.1) is 0 Å². The van der Waals surface area contributed by atoms with Crippen molar-refractivity contribution < 1.29 is 14.3 Å². The smallest absolute Gasteiger partial charge is 0.407 e. The van der Waals surface area contributed by atoms with E-state index < -0.39 is 11.7 Å². The van der Waals surface area contributed by atoms with Crippen molar-refractivity contribution in [3.63, 3.8) is 0 Å². The summed E-state index contributed by atoms with van der Waals surface area (Å²) in [6, 6.07) is 13.2. The molecule has 0 radical (unpaired) electrons. The zero-order valence-electron chi connectivity index (χ0n) is 14.6. The van der Waals surface area contributed by atoms with Crippen LogP contribution in [0, 0.1) is 6.92 Å². The number of benzene rings is 2. The molecule has 0 aromatic heterocycles. The minimum atomic E-state index is -0.536. The maximum Gasteiger partial charge on any atom is 0.407 e. The van der Waals surface area contributed by atoms with Crippen molar-refractivity contribution in [1.82, 2.24) is 5.32 Å². The molecule has 5 nitrogen and oxygen atoms in total. The minimum Gasteiger partial charge on any atom is -0.457 e. The van der Waals surface area contributed by atoms with E-state index in [0.29, 0.717) is 11.4 Å². The first kappa shape index (κ1) is 17.7. The summed E-state index contributed by atoms with van der Waals surface area (Å²) in [4.78, 5) is 11.8. The van der Waals surface area contributed by atoms with Crippen LogP contribution in [-0.2, 0) is 11.3 Å². The summed E-state index contributed by atoms with van der Waals surface area (Å²) in [5, 5.41) is 2.70. The van der Waals surface area contributed by atoms with Crippen LogP contribution in [0.3, 0.4) is 0 Å². The summed E-state index contributed by atoms with van der Waals surface area (Å²) in [5.74, 6) is 1.42. The normalized spacial score (nSPS) is 11.0. The number of hydrogen-bond acceptors (Lipinski definition) is 4. The quantitative estimate of drug-likeness (QED) is 0.816. The molecule has 0 saturated carbocycles. The van der Waals surface area contributed by atoms with Gasteiger partial charge in [0.2, 0.25) is 0 Å². The Hall–Kier alpha value is -2.69. The van der Waals surface area contributed by atoms with Gasteiger partial charge < -0.3 is 20.5 Å². The van der Waals surface area contributed by atoms with E-state index in [9.17, 15) is 4.79 Å². The Bertz CT molecular complexity index is 721. The average Bonchev–Trinajstić information content (AvgIpc) is 2.46. The van der Waals surface area contributed by atoms with Gasteiger partial charge in [-0.1, -0.05) is 12.1 Å². The van der Waals surface area contributed by atoms with Crippen molar-refractivity contribution in [1.29, 1.82) is 0 Å². The van der Waals surface area contributed by atoms with Crippen LogP contribution in [0.4, 0.5) is 10.5 Å². The Morgan fingerprint density at radius 2 is 1.83 bits per heavy atom. The van der Waals surface area contributed by atoms with Crippen LogP contribution in [0.2, 0.25) is 0 Å². The lowest BCUT2D eigenvalue weighted by molar-refractivity contribution is 0.0523. The van der Waals surface area contributed by atoms with Crippen LogP contribution in [-0.4, -0.2) is 11.7 Å². The van der Waals surface area contributed by atoms with Crippen LogP contribution in [0.1, 0.15) is 31.9 Å². The van der Waals surface area contributed by atoms with Crippen molar-refractivity contribution in [2.45, 2.75) is 39.8 Å². The Morgan fingerprint density at radius 3 is 2.50 bits per heavy atom. The molecule has 0 atom stereocenters. The first-order chi connectivity index (χ1) is 11.2. The van der Waals surface area contributed by atoms with Gasteiger partial charge in [-0.05, 0) is 69.2 Å². The highest BCUT2D eigenvalue weighted by Crippen LogP contribution is 2.25. The van der Waals surface area contributed by atoms with Gasteiger partial charge in [0.05, 0.1) is 0 Å². The molecule has 3 N–H and O–H groups in total. The Morgan fingerprint density at radius 1 is 1.12 bits per heavy atom. The largest absolute Gasteiger partial charge is 0.457 e. The first-order valence-electron chi connectivity index (χ1n) is 7.83. The Labute approximate surface area is 142 Å². The van der Waals surface area contributed by atoms with Gasteiger partial charge in [0.1, 0.15) is 17.1 Å². The fraction of sp³-hybridized carbons (Fsp3) is 0.316. The van der Waals surface area contributed by atoms with Crippen LogP contribution in [0.25, 0.3) is 0 Å². The van der Waals surface area contributed by atoms with E-state index in [2.05, 4.69) is 5.32 Å². The zero-order valence-corrected chi connectivity index (χ0v) is 14.6. The number of alkyl carbamates (subject to hydrolysis) is 1. The van der Waals surface area contributed by atoms with E-state index in [1.807, 2.05) is 58.0 Å². The number of carbonyl (C=O) groups is 1. The highest BCUT2D eigenvalue weighted by molar-refractivity contribution is 5.68. The highest BCUT2D eigenvalue weighted by atomic mass is 16.6. The van der Waals surface area contributed by atoms with Gasteiger partial charge in [-0.2, -0.15) is 0 Å². The third kappa shape index (κ3) is 5.50. The summed E-state index contributed by atoms with van der Waals surface area (Å²) < 4.78 is 11.1. The number of carbonyl (C=O) groups excluding carboxylic acids is 1. The van der Waals surface area contributed by atoms with E-state index in [-0.39, 0.29) is 6.54 Å². The lowest BCUT2D eigenvalue weighted by atomic mass is 10.1. The van der Waals surface area contributed by atoms with Crippen molar-refractivity contribution in [3.8, 4) is 11.5 Å². The predicted molar refractivity (Wildman–Crippen MR) is 95.2 cm³/mol. The van der Waals surface area contributed by atoms with Crippen molar-refractivity contribution in [2.75, 3.05) is 5.73 Å². The molecule has 5 heteroatoms. The Kier molecular flexibility index (Phi) is 5.34. The summed E-state index contributed by atoms with van der Waals surface area (Å²) in [6.45, 7) is 7.73. The second-order valence-electron chi connectivity index (χ2n) is 6.63. The highest BCUT2D eigenvalue weighted by Gasteiger charge is 2.16. The fourth-order valence-corrected chi connectivity index (χ4v) is 2.10. The minimum absolute atomic E-state index is 0.270. The zero-order chi connectivity index (χ0) is 17.7. The third-order valence-corrected chi connectivity index (χ3v) is 3.16. The maximum absolute atomic E-state index is 11.8. The van der Waals surface area contributed by atoms with Crippen LogP contribution >= 0.6 is 0 Å². The molecule has 2 aromatic carbocycles. The molecule has 0 saturated heterocycles. The van der Waals surface area contributed by atoms with E-state index in [4.69, 9.17) is 15.2 Å². The van der Waals surface area contributed by atoms with Gasteiger partial charge in [0.15, 0.2) is 0 Å². The van der Waals surface area contributed by atoms with Gasteiger partial charge in [0.25, 0.3) is 0 Å². The molecular weight excluding hydrogens is 304 g/mol. The molecule has 2 aromatic rings. The van der Waals surface area contributed by atoms with E-state index in [1.165, 1.54) is 0 Å². The van der Waals surface area contributed by atoms with E-state index >= 15 is 0 Å². The molecule has 0 bridgehead atoms. The fourth-order valence-electron chi connectivity index (χ4n) is 2.10. The van der Waals surface area contributed by atoms with Gasteiger partial charge in [-0.3, -0.25) is 0 Å². The molecule has 0 heterocycles. The standard InChI is InChI=1S/C19H24N2O3/c1-13-6-5-7-15(10-13)23-16-8-9-17(20)14(11-16)12-21-18(22)24-19(2,3)4/h5-11H,12,20H2,1-4H3,(H,21,22). The summed E-state index contributed by atoms with van der Waals surface area (Å²) in [7, 11) is 0. The molecule has 2 rings (SSSR count). The van der Waals surface area contributed by atoms with Gasteiger partial charge in [0, 0.05) is 12.2 Å². The summed E-state index contributed by atoms with van der Waals surface area (Å²) in [6.07, 6.45) is -0.480. The molecule has 0 spiro atoms. The number of hydrogen-bond donors (Lipinski definition) is 2. The van der Waals surface area contributed by atoms with Crippen molar-refractivity contribution in [2.24, 2.45) is 0 Å². The number of aryl methyl sites for hydroxylation is 1. The second-order valence-corrected chi connectivity index (χ2v) is 6.63. The molecule has 1 amide bonds. The SMILES string of the molecule is Cc1cccc(Oc2ccc(N)c(CNC(=O)OC(C)(C)C)c2)c1. The van der Waals surface area contributed by atoms with E-state index in [1.54, 1.807) is 12.1 Å². The lowest BCUT2D eigenvalue weighted by Crippen LogP contribution is -2.32. The van der Waals surface area contributed by atoms with Gasteiger partial charge in [-0.25, -0.2) is 4.79 Å². The Balaban J connectivity index is 2.04. The number of nitrogen functional groups attached to an aromatic ring is 1. The number of ether oxygens (including phenoxy) is 2.